The zero-order valence-electron chi connectivity index (χ0n) is 8.30. The SMILES string of the molecule is O=C1CCCC(c2ccc(Cl)cc2Cl)C1. The van der Waals surface area contributed by atoms with E-state index in [0.717, 1.165) is 24.8 Å². The average Bonchev–Trinajstić information content (AvgIpc) is 2.17. The molecule has 80 valence electrons. The summed E-state index contributed by atoms with van der Waals surface area (Å²) in [4.78, 5) is 11.4. The van der Waals surface area contributed by atoms with E-state index in [-0.39, 0.29) is 5.92 Å². The predicted octanol–water partition coefficient (Wildman–Crippen LogP) is 4.22. The molecule has 0 saturated heterocycles. The van der Waals surface area contributed by atoms with Crippen molar-refractivity contribution in [2.45, 2.75) is 31.6 Å². The maximum Gasteiger partial charge on any atom is 0.133 e. The number of hydrogen-bond acceptors (Lipinski definition) is 1. The molecule has 1 unspecified atom stereocenters. The summed E-state index contributed by atoms with van der Waals surface area (Å²) in [7, 11) is 0. The van der Waals surface area contributed by atoms with Crippen LogP contribution in [-0.2, 0) is 4.79 Å². The lowest BCUT2D eigenvalue weighted by atomic mass is 9.83. The molecule has 1 aromatic carbocycles. The number of carbonyl (C=O) groups is 1. The molecule has 0 N–H and O–H groups in total. The quantitative estimate of drug-likeness (QED) is 0.721. The Bertz CT molecular complexity index is 387. The largest absolute Gasteiger partial charge is 0.300 e. The third-order valence-corrected chi connectivity index (χ3v) is 3.45. The van der Waals surface area contributed by atoms with E-state index >= 15 is 0 Å². The van der Waals surface area contributed by atoms with Gasteiger partial charge in [-0.3, -0.25) is 4.79 Å². The van der Waals surface area contributed by atoms with Crippen molar-refractivity contribution in [2.75, 3.05) is 0 Å². The molecule has 3 heteroatoms. The standard InChI is InChI=1S/C12H12Cl2O/c13-9-4-5-11(12(14)7-9)8-2-1-3-10(15)6-8/h4-5,7-8H,1-3,6H2. The van der Waals surface area contributed by atoms with Crippen molar-refractivity contribution in [2.24, 2.45) is 0 Å². The van der Waals surface area contributed by atoms with E-state index in [1.54, 1.807) is 6.07 Å². The number of benzene rings is 1. The molecule has 1 aromatic rings. The smallest absolute Gasteiger partial charge is 0.133 e. The van der Waals surface area contributed by atoms with Gasteiger partial charge in [0.2, 0.25) is 0 Å². The van der Waals surface area contributed by atoms with E-state index in [4.69, 9.17) is 23.2 Å². The monoisotopic (exact) mass is 242 g/mol. The van der Waals surface area contributed by atoms with Gasteiger partial charge >= 0.3 is 0 Å². The van der Waals surface area contributed by atoms with Gasteiger partial charge < -0.3 is 0 Å². The van der Waals surface area contributed by atoms with Crippen LogP contribution in [0.25, 0.3) is 0 Å². The first-order valence-electron chi connectivity index (χ1n) is 5.13. The summed E-state index contributed by atoms with van der Waals surface area (Å²) in [5, 5.41) is 1.33. The van der Waals surface area contributed by atoms with Crippen molar-refractivity contribution in [3.8, 4) is 0 Å². The lowest BCUT2D eigenvalue weighted by molar-refractivity contribution is -0.120. The third kappa shape index (κ3) is 2.53. The highest BCUT2D eigenvalue weighted by atomic mass is 35.5. The Morgan fingerprint density at radius 1 is 1.27 bits per heavy atom. The van der Waals surface area contributed by atoms with Crippen LogP contribution in [0.4, 0.5) is 0 Å². The van der Waals surface area contributed by atoms with Crippen molar-refractivity contribution < 1.29 is 4.79 Å². The summed E-state index contributed by atoms with van der Waals surface area (Å²) in [6.07, 6.45) is 3.37. The van der Waals surface area contributed by atoms with E-state index in [1.807, 2.05) is 12.1 Å². The van der Waals surface area contributed by atoms with Gasteiger partial charge in [-0.2, -0.15) is 0 Å². The van der Waals surface area contributed by atoms with Crippen LogP contribution in [-0.4, -0.2) is 5.78 Å². The minimum Gasteiger partial charge on any atom is -0.300 e. The van der Waals surface area contributed by atoms with Gasteiger partial charge in [0.05, 0.1) is 0 Å². The number of carbonyl (C=O) groups excluding carboxylic acids is 1. The number of Topliss-reactive ketones (excluding diaryl/α,β-unsaturated/α-hetero) is 1. The van der Waals surface area contributed by atoms with E-state index in [1.165, 1.54) is 0 Å². The highest BCUT2D eigenvalue weighted by molar-refractivity contribution is 6.35. The second-order valence-corrected chi connectivity index (χ2v) is 4.84. The molecule has 1 nitrogen and oxygen atoms in total. The van der Waals surface area contributed by atoms with Crippen LogP contribution >= 0.6 is 23.2 Å². The molecule has 15 heavy (non-hydrogen) atoms. The molecule has 0 spiro atoms. The van der Waals surface area contributed by atoms with Crippen molar-refractivity contribution >= 4 is 29.0 Å². The molecular formula is C12H12Cl2O. The summed E-state index contributed by atoms with van der Waals surface area (Å²) in [5.74, 6) is 0.633. The Morgan fingerprint density at radius 2 is 2.07 bits per heavy atom. The zero-order valence-corrected chi connectivity index (χ0v) is 9.81. The molecule has 1 aliphatic carbocycles. The van der Waals surface area contributed by atoms with Gasteiger partial charge in [-0.25, -0.2) is 0 Å². The summed E-state index contributed by atoms with van der Waals surface area (Å²) in [5.41, 5.74) is 1.06. The molecule has 0 aromatic heterocycles. The van der Waals surface area contributed by atoms with Crippen molar-refractivity contribution in [3.05, 3.63) is 33.8 Å². The maximum absolute atomic E-state index is 11.4. The molecule has 2 rings (SSSR count). The fourth-order valence-electron chi connectivity index (χ4n) is 2.12. The molecule has 0 radical (unpaired) electrons. The Labute approximate surface area is 99.4 Å². The summed E-state index contributed by atoms with van der Waals surface area (Å²) in [6, 6.07) is 5.52. The molecule has 1 fully saturated rings. The molecular weight excluding hydrogens is 231 g/mol. The Morgan fingerprint density at radius 3 is 2.73 bits per heavy atom. The van der Waals surface area contributed by atoms with E-state index in [9.17, 15) is 4.79 Å². The second kappa shape index (κ2) is 4.54. The topological polar surface area (TPSA) is 17.1 Å². The number of rotatable bonds is 1. The van der Waals surface area contributed by atoms with Crippen LogP contribution in [0, 0.1) is 0 Å². The van der Waals surface area contributed by atoms with E-state index in [2.05, 4.69) is 0 Å². The summed E-state index contributed by atoms with van der Waals surface area (Å²) in [6.45, 7) is 0. The van der Waals surface area contributed by atoms with Gasteiger partial charge in [0.1, 0.15) is 5.78 Å². The summed E-state index contributed by atoms with van der Waals surface area (Å²) >= 11 is 11.9. The first kappa shape index (κ1) is 11.0. The number of hydrogen-bond donors (Lipinski definition) is 0. The normalized spacial score (nSPS) is 21.7. The molecule has 0 bridgehead atoms. The maximum atomic E-state index is 11.4. The van der Waals surface area contributed by atoms with E-state index in [0.29, 0.717) is 22.2 Å². The average molecular weight is 243 g/mol. The predicted molar refractivity (Wildman–Crippen MR) is 62.7 cm³/mol. The summed E-state index contributed by atoms with van der Waals surface area (Å²) < 4.78 is 0. The van der Waals surface area contributed by atoms with Crippen molar-refractivity contribution in [1.82, 2.24) is 0 Å². The van der Waals surface area contributed by atoms with Crippen molar-refractivity contribution in [1.29, 1.82) is 0 Å². The van der Waals surface area contributed by atoms with Gasteiger partial charge in [0, 0.05) is 22.9 Å². The number of halogens is 2. The van der Waals surface area contributed by atoms with E-state index < -0.39 is 0 Å². The molecule has 1 aliphatic rings. The minimum absolute atomic E-state index is 0.288. The van der Waals surface area contributed by atoms with Gasteiger partial charge in [0.25, 0.3) is 0 Å². The molecule has 1 saturated carbocycles. The minimum atomic E-state index is 0.288. The van der Waals surface area contributed by atoms with Gasteiger partial charge in [-0.1, -0.05) is 29.3 Å². The fourth-order valence-corrected chi connectivity index (χ4v) is 2.69. The molecule has 0 amide bonds. The van der Waals surface area contributed by atoms with Crippen LogP contribution in [0.3, 0.4) is 0 Å². The van der Waals surface area contributed by atoms with Crippen LogP contribution in [0.5, 0.6) is 0 Å². The lowest BCUT2D eigenvalue weighted by Crippen LogP contribution is -2.13. The third-order valence-electron chi connectivity index (χ3n) is 2.88. The number of ketones is 1. The molecule has 0 aliphatic heterocycles. The Balaban J connectivity index is 2.24. The van der Waals surface area contributed by atoms with Gasteiger partial charge in [-0.15, -0.1) is 0 Å². The van der Waals surface area contributed by atoms with Crippen molar-refractivity contribution in [3.63, 3.8) is 0 Å². The Kier molecular flexibility index (Phi) is 3.32. The van der Waals surface area contributed by atoms with Gasteiger partial charge in [0.15, 0.2) is 0 Å². The first-order chi connectivity index (χ1) is 7.16. The van der Waals surface area contributed by atoms with Gasteiger partial charge in [-0.05, 0) is 36.5 Å². The van der Waals surface area contributed by atoms with Crippen LogP contribution in [0.2, 0.25) is 10.0 Å². The Hall–Kier alpha value is -0.530. The molecule has 0 heterocycles. The lowest BCUT2D eigenvalue weighted by Gasteiger charge is -2.22. The highest BCUT2D eigenvalue weighted by Crippen LogP contribution is 2.35. The van der Waals surface area contributed by atoms with Crippen LogP contribution in [0.1, 0.15) is 37.2 Å². The second-order valence-electron chi connectivity index (χ2n) is 4.00. The zero-order chi connectivity index (χ0) is 10.8. The fraction of sp³-hybridized carbons (Fsp3) is 0.417. The van der Waals surface area contributed by atoms with Crippen LogP contribution in [0.15, 0.2) is 18.2 Å². The first-order valence-corrected chi connectivity index (χ1v) is 5.89. The highest BCUT2D eigenvalue weighted by Gasteiger charge is 2.22. The van der Waals surface area contributed by atoms with Crippen LogP contribution < -0.4 is 0 Å². The molecule has 1 atom stereocenters.